The minimum Gasteiger partial charge on any atom is -0.495 e. The number of benzene rings is 4. The van der Waals surface area contributed by atoms with Crippen molar-refractivity contribution in [1.82, 2.24) is 5.32 Å². The Morgan fingerprint density at radius 1 is 0.795 bits per heavy atom. The second kappa shape index (κ2) is 13.9. The van der Waals surface area contributed by atoms with E-state index in [2.05, 4.69) is 10.6 Å². The molecule has 7 nitrogen and oxygen atoms in total. The van der Waals surface area contributed by atoms with Gasteiger partial charge in [-0.15, -0.1) is 0 Å². The average Bonchev–Trinajstić information content (AvgIpc) is 2.96. The van der Waals surface area contributed by atoms with Crippen LogP contribution in [0.25, 0.3) is 0 Å². The van der Waals surface area contributed by atoms with Gasteiger partial charge in [-0.25, -0.2) is 4.79 Å². The van der Waals surface area contributed by atoms with Gasteiger partial charge in [-0.1, -0.05) is 84.4 Å². The van der Waals surface area contributed by atoms with Gasteiger partial charge in [-0.2, -0.15) is 0 Å². The molecule has 0 radical (unpaired) electrons. The number of nitrogens with one attached hydrogen (secondary N) is 2. The minimum absolute atomic E-state index is 0.0799. The Morgan fingerprint density at radius 3 is 2.08 bits per heavy atom. The quantitative estimate of drug-likeness (QED) is 0.228. The van der Waals surface area contributed by atoms with E-state index in [9.17, 15) is 9.59 Å². The van der Waals surface area contributed by atoms with Crippen molar-refractivity contribution in [2.45, 2.75) is 25.7 Å². The first-order chi connectivity index (χ1) is 19.0. The number of carbonyl (C=O) groups excluding carboxylic acids is 2. The van der Waals surface area contributed by atoms with Crippen LogP contribution in [-0.4, -0.2) is 25.2 Å². The smallest absolute Gasteiger partial charge is 0.408 e. The highest BCUT2D eigenvalue weighted by Gasteiger charge is 2.23. The van der Waals surface area contributed by atoms with Gasteiger partial charge in [0.1, 0.15) is 30.8 Å². The lowest BCUT2D eigenvalue weighted by Crippen LogP contribution is -2.45. The number of ether oxygens (including phenoxy) is 3. The fourth-order valence-electron chi connectivity index (χ4n) is 3.81. The zero-order valence-electron chi connectivity index (χ0n) is 21.4. The molecule has 0 aliphatic carbocycles. The average molecular weight is 545 g/mol. The number of halogens is 1. The fraction of sp³-hybridized carbons (Fsp3) is 0.161. The van der Waals surface area contributed by atoms with Crippen LogP contribution in [0.4, 0.5) is 10.5 Å². The van der Waals surface area contributed by atoms with Crippen LogP contribution >= 0.6 is 11.6 Å². The molecule has 0 fully saturated rings. The molecule has 8 heteroatoms. The van der Waals surface area contributed by atoms with E-state index < -0.39 is 18.0 Å². The van der Waals surface area contributed by atoms with Gasteiger partial charge in [0.05, 0.1) is 12.8 Å². The van der Waals surface area contributed by atoms with E-state index in [1.807, 2.05) is 84.9 Å². The maximum Gasteiger partial charge on any atom is 0.408 e. The number of rotatable bonds is 11. The highest BCUT2D eigenvalue weighted by molar-refractivity contribution is 6.31. The van der Waals surface area contributed by atoms with Crippen LogP contribution in [0.3, 0.4) is 0 Å². The van der Waals surface area contributed by atoms with E-state index in [4.69, 9.17) is 25.8 Å². The van der Waals surface area contributed by atoms with Crippen LogP contribution in [0.15, 0.2) is 103 Å². The summed E-state index contributed by atoms with van der Waals surface area (Å²) in [6, 6.07) is 30.5. The topological polar surface area (TPSA) is 85.9 Å². The molecule has 0 bridgehead atoms. The molecule has 4 aromatic rings. The molecule has 4 aromatic carbocycles. The molecular weight excluding hydrogens is 516 g/mol. The molecule has 0 saturated carbocycles. The number of methoxy groups -OCH3 is 1. The highest BCUT2D eigenvalue weighted by atomic mass is 35.5. The summed E-state index contributed by atoms with van der Waals surface area (Å²) in [7, 11) is 1.50. The monoisotopic (exact) mass is 544 g/mol. The molecule has 200 valence electrons. The lowest BCUT2D eigenvalue weighted by molar-refractivity contribution is -0.118. The molecule has 39 heavy (non-hydrogen) atoms. The molecule has 2 amide bonds. The van der Waals surface area contributed by atoms with Crippen LogP contribution in [0, 0.1) is 0 Å². The van der Waals surface area contributed by atoms with Gasteiger partial charge >= 0.3 is 6.09 Å². The third-order valence-electron chi connectivity index (χ3n) is 5.85. The standard InChI is InChI=1S/C31H29ClN2O5/c1-37-29-17-14-25(32)19-27(29)33-30(35)28(34-31(36)39-21-24-10-6-3-7-11-24)18-22-12-15-26(16-13-22)38-20-23-8-4-2-5-9-23/h2-17,19,28H,18,20-21H2,1H3,(H,33,35)(H,34,36)/t28-/m0/s1. The maximum atomic E-state index is 13.3. The number of carbonyl (C=O) groups is 2. The molecule has 0 spiro atoms. The zero-order valence-corrected chi connectivity index (χ0v) is 22.2. The second-order valence-electron chi connectivity index (χ2n) is 8.71. The summed E-state index contributed by atoms with van der Waals surface area (Å²) in [6.07, 6.45) is -0.492. The Labute approximate surface area is 232 Å². The molecule has 0 aliphatic rings. The fourth-order valence-corrected chi connectivity index (χ4v) is 3.98. The van der Waals surface area contributed by atoms with Crippen molar-refractivity contribution in [3.63, 3.8) is 0 Å². The Bertz CT molecular complexity index is 1370. The lowest BCUT2D eigenvalue weighted by atomic mass is 10.0. The van der Waals surface area contributed by atoms with Crippen molar-refractivity contribution >= 4 is 29.3 Å². The van der Waals surface area contributed by atoms with Crippen LogP contribution in [-0.2, 0) is 29.2 Å². The zero-order chi connectivity index (χ0) is 27.5. The summed E-state index contributed by atoms with van der Waals surface area (Å²) < 4.78 is 16.6. The van der Waals surface area contributed by atoms with Gasteiger partial charge in [-0.05, 0) is 47.0 Å². The largest absolute Gasteiger partial charge is 0.495 e. The van der Waals surface area contributed by atoms with Crippen LogP contribution in [0.2, 0.25) is 5.02 Å². The normalized spacial score (nSPS) is 11.2. The van der Waals surface area contributed by atoms with Gasteiger partial charge in [-0.3, -0.25) is 4.79 Å². The van der Waals surface area contributed by atoms with Crippen molar-refractivity contribution in [1.29, 1.82) is 0 Å². The van der Waals surface area contributed by atoms with Gasteiger partial charge in [0.15, 0.2) is 0 Å². The summed E-state index contributed by atoms with van der Waals surface area (Å²) in [5, 5.41) is 5.93. The minimum atomic E-state index is -0.937. The van der Waals surface area contributed by atoms with Crippen LogP contribution in [0.1, 0.15) is 16.7 Å². The summed E-state index contributed by atoms with van der Waals surface area (Å²) in [5.74, 6) is 0.692. The summed E-state index contributed by atoms with van der Waals surface area (Å²) in [4.78, 5) is 26.0. The van der Waals surface area contributed by atoms with Crippen molar-refractivity contribution in [3.8, 4) is 11.5 Å². The van der Waals surface area contributed by atoms with E-state index in [-0.39, 0.29) is 13.0 Å². The molecule has 2 N–H and O–H groups in total. The molecule has 1 atom stereocenters. The van der Waals surface area contributed by atoms with Crippen molar-refractivity contribution < 1.29 is 23.8 Å². The van der Waals surface area contributed by atoms with Gasteiger partial charge in [0.25, 0.3) is 0 Å². The third-order valence-corrected chi connectivity index (χ3v) is 6.09. The molecular formula is C31H29ClN2O5. The van der Waals surface area contributed by atoms with E-state index in [0.717, 1.165) is 16.7 Å². The number of amides is 2. The molecule has 4 rings (SSSR count). The van der Waals surface area contributed by atoms with E-state index in [0.29, 0.717) is 28.8 Å². The Morgan fingerprint density at radius 2 is 1.44 bits per heavy atom. The van der Waals surface area contributed by atoms with E-state index >= 15 is 0 Å². The Kier molecular flexibility index (Phi) is 9.80. The van der Waals surface area contributed by atoms with Gasteiger partial charge in [0.2, 0.25) is 5.91 Å². The molecule has 0 aromatic heterocycles. The Hall–Kier alpha value is -4.49. The summed E-state index contributed by atoms with van der Waals surface area (Å²) in [5.41, 5.74) is 3.11. The van der Waals surface area contributed by atoms with Gasteiger partial charge < -0.3 is 24.8 Å². The van der Waals surface area contributed by atoms with Crippen molar-refractivity contribution in [2.75, 3.05) is 12.4 Å². The summed E-state index contributed by atoms with van der Waals surface area (Å²) >= 11 is 6.12. The predicted octanol–water partition coefficient (Wildman–Crippen LogP) is 6.40. The van der Waals surface area contributed by atoms with Crippen molar-refractivity contribution in [3.05, 3.63) is 125 Å². The number of alkyl carbamates (subject to hydrolysis) is 1. The first kappa shape index (κ1) is 27.5. The SMILES string of the molecule is COc1ccc(Cl)cc1NC(=O)[C@H](Cc1ccc(OCc2ccccc2)cc1)NC(=O)OCc1ccccc1. The first-order valence-electron chi connectivity index (χ1n) is 12.4. The molecule has 0 heterocycles. The lowest BCUT2D eigenvalue weighted by Gasteiger charge is -2.20. The van der Waals surface area contributed by atoms with Crippen LogP contribution in [0.5, 0.6) is 11.5 Å². The molecule has 0 saturated heterocycles. The molecule has 0 aliphatic heterocycles. The Balaban J connectivity index is 1.44. The predicted molar refractivity (Wildman–Crippen MR) is 151 cm³/mol. The van der Waals surface area contributed by atoms with E-state index in [1.54, 1.807) is 18.2 Å². The number of hydrogen-bond acceptors (Lipinski definition) is 5. The highest BCUT2D eigenvalue weighted by Crippen LogP contribution is 2.28. The van der Waals surface area contributed by atoms with Gasteiger partial charge in [0, 0.05) is 11.4 Å². The third kappa shape index (κ3) is 8.51. The summed E-state index contributed by atoms with van der Waals surface area (Å²) in [6.45, 7) is 0.526. The first-order valence-corrected chi connectivity index (χ1v) is 12.8. The maximum absolute atomic E-state index is 13.3. The van der Waals surface area contributed by atoms with Crippen LogP contribution < -0.4 is 20.1 Å². The second-order valence-corrected chi connectivity index (χ2v) is 9.15. The van der Waals surface area contributed by atoms with E-state index in [1.165, 1.54) is 7.11 Å². The number of hydrogen-bond donors (Lipinski definition) is 2. The molecule has 0 unspecified atom stereocenters. The van der Waals surface area contributed by atoms with Crippen molar-refractivity contribution in [2.24, 2.45) is 0 Å². The number of anilines is 1.